The first-order chi connectivity index (χ1) is 26.2. The van der Waals surface area contributed by atoms with E-state index in [9.17, 15) is 0 Å². The molecule has 0 unspecified atom stereocenters. The van der Waals surface area contributed by atoms with Crippen LogP contribution < -0.4 is 0 Å². The lowest BCUT2D eigenvalue weighted by Crippen LogP contribution is -2.23. The smallest absolute Gasteiger partial charge is 0.0210 e. The minimum Gasteiger partial charge on any atom is -0.0642 e. The van der Waals surface area contributed by atoms with Crippen LogP contribution >= 0.6 is 0 Å². The molecule has 1 aliphatic rings. The summed E-state index contributed by atoms with van der Waals surface area (Å²) < 4.78 is 0. The van der Waals surface area contributed by atoms with Gasteiger partial charge in [-0.2, -0.15) is 0 Å². The van der Waals surface area contributed by atoms with Gasteiger partial charge in [0.25, 0.3) is 0 Å². The Morgan fingerprint density at radius 1 is 0.283 bits per heavy atom. The van der Waals surface area contributed by atoms with Crippen LogP contribution in [0.4, 0.5) is 0 Å². The van der Waals surface area contributed by atoms with Crippen LogP contribution in [0.25, 0.3) is 77.9 Å². The van der Waals surface area contributed by atoms with Gasteiger partial charge in [0.2, 0.25) is 0 Å². The Labute approximate surface area is 314 Å². The molecular formula is C53H42. The van der Waals surface area contributed by atoms with Gasteiger partial charge in [0.15, 0.2) is 0 Å². The van der Waals surface area contributed by atoms with Crippen molar-refractivity contribution in [2.45, 2.75) is 32.1 Å². The standard InChI is InChI=1S/C53H42/c1-3-53(4-2)49-35-45(41-29-25-39(26-30-41)37-17-9-5-10-18-37)33-47(43-21-13-7-14-22-43)51(49)52-48(44-23-15-8-16-24-44)34-46(36-50(52)53)42-31-27-40(28-32-42)38-19-11-6-12-20-38/h5-36H,3-4H2,1-2H3. The van der Waals surface area contributed by atoms with Crippen molar-refractivity contribution < 1.29 is 0 Å². The Kier molecular flexibility index (Phi) is 8.45. The van der Waals surface area contributed by atoms with Crippen LogP contribution in [0.15, 0.2) is 194 Å². The highest BCUT2D eigenvalue weighted by molar-refractivity contribution is 6.02. The molecule has 0 aliphatic heterocycles. The summed E-state index contributed by atoms with van der Waals surface area (Å²) in [6, 6.07) is 71.6. The Hall–Kier alpha value is -6.24. The van der Waals surface area contributed by atoms with Gasteiger partial charge in [-0.3, -0.25) is 0 Å². The van der Waals surface area contributed by atoms with Gasteiger partial charge in [-0.15, -0.1) is 0 Å². The lowest BCUT2D eigenvalue weighted by Gasteiger charge is -2.31. The zero-order valence-electron chi connectivity index (χ0n) is 30.4. The van der Waals surface area contributed by atoms with Crippen LogP contribution in [-0.4, -0.2) is 0 Å². The number of fused-ring (bicyclic) bond motifs is 3. The minimum absolute atomic E-state index is 0.141. The van der Waals surface area contributed by atoms with Crippen molar-refractivity contribution in [3.8, 4) is 77.9 Å². The van der Waals surface area contributed by atoms with E-state index in [1.54, 1.807) is 0 Å². The second-order valence-corrected chi connectivity index (χ2v) is 14.3. The second-order valence-electron chi connectivity index (χ2n) is 14.3. The fourth-order valence-electron chi connectivity index (χ4n) is 8.73. The average Bonchev–Trinajstić information content (AvgIpc) is 3.54. The topological polar surface area (TPSA) is 0 Å². The Morgan fingerprint density at radius 2 is 0.547 bits per heavy atom. The van der Waals surface area contributed by atoms with E-state index in [-0.39, 0.29) is 5.41 Å². The highest BCUT2D eigenvalue weighted by Gasteiger charge is 2.43. The monoisotopic (exact) mass is 678 g/mol. The van der Waals surface area contributed by atoms with E-state index in [0.717, 1.165) is 12.8 Å². The largest absolute Gasteiger partial charge is 0.0642 e. The molecule has 0 nitrogen and oxygen atoms in total. The van der Waals surface area contributed by atoms with Gasteiger partial charge < -0.3 is 0 Å². The maximum atomic E-state index is 2.52. The second kappa shape index (κ2) is 13.7. The predicted molar refractivity (Wildman–Crippen MR) is 226 cm³/mol. The van der Waals surface area contributed by atoms with Crippen molar-refractivity contribution in [1.82, 2.24) is 0 Å². The number of hydrogen-bond donors (Lipinski definition) is 0. The van der Waals surface area contributed by atoms with Crippen molar-refractivity contribution in [3.63, 3.8) is 0 Å². The quantitative estimate of drug-likeness (QED) is 0.150. The normalized spacial score (nSPS) is 12.6. The summed E-state index contributed by atoms with van der Waals surface area (Å²) in [6.45, 7) is 4.77. The van der Waals surface area contributed by atoms with Crippen LogP contribution in [0.3, 0.4) is 0 Å². The van der Waals surface area contributed by atoms with Gasteiger partial charge in [0.1, 0.15) is 0 Å². The van der Waals surface area contributed by atoms with E-state index in [4.69, 9.17) is 0 Å². The molecule has 0 atom stereocenters. The molecule has 254 valence electrons. The average molecular weight is 679 g/mol. The number of hydrogen-bond acceptors (Lipinski definition) is 0. The summed E-state index contributed by atoms with van der Waals surface area (Å²) in [7, 11) is 0. The summed E-state index contributed by atoms with van der Waals surface area (Å²) in [6.07, 6.45) is 2.03. The van der Waals surface area contributed by atoms with Crippen molar-refractivity contribution in [3.05, 3.63) is 205 Å². The fraction of sp³-hybridized carbons (Fsp3) is 0.0943. The minimum atomic E-state index is -0.141. The Morgan fingerprint density at radius 3 is 0.849 bits per heavy atom. The molecule has 53 heavy (non-hydrogen) atoms. The summed E-state index contributed by atoms with van der Waals surface area (Å²) in [5.41, 5.74) is 20.5. The van der Waals surface area contributed by atoms with Gasteiger partial charge in [0.05, 0.1) is 0 Å². The molecule has 0 bridgehead atoms. The van der Waals surface area contributed by atoms with E-state index >= 15 is 0 Å². The number of rotatable bonds is 8. The zero-order chi connectivity index (χ0) is 35.8. The molecule has 0 saturated heterocycles. The molecule has 1 aliphatic carbocycles. The van der Waals surface area contributed by atoms with Crippen LogP contribution in [0.1, 0.15) is 37.8 Å². The van der Waals surface area contributed by atoms with Crippen molar-refractivity contribution >= 4 is 0 Å². The van der Waals surface area contributed by atoms with Gasteiger partial charge in [-0.05, 0) is 126 Å². The lowest BCUT2D eigenvalue weighted by atomic mass is 9.72. The molecule has 9 rings (SSSR count). The lowest BCUT2D eigenvalue weighted by molar-refractivity contribution is 0.491. The zero-order valence-corrected chi connectivity index (χ0v) is 30.4. The number of benzene rings is 8. The van der Waals surface area contributed by atoms with Crippen LogP contribution in [0.2, 0.25) is 0 Å². The molecule has 0 aromatic heterocycles. The first-order valence-electron chi connectivity index (χ1n) is 19.0. The maximum Gasteiger partial charge on any atom is 0.0210 e. The maximum absolute atomic E-state index is 2.52. The third kappa shape index (κ3) is 5.72. The third-order valence-electron chi connectivity index (χ3n) is 11.6. The molecule has 8 aromatic carbocycles. The van der Waals surface area contributed by atoms with Gasteiger partial charge in [0, 0.05) is 5.41 Å². The summed E-state index contributed by atoms with van der Waals surface area (Å²) in [4.78, 5) is 0. The molecule has 8 aromatic rings. The van der Waals surface area contributed by atoms with E-state index in [1.807, 2.05) is 0 Å². The molecule has 0 heterocycles. The molecule has 0 radical (unpaired) electrons. The van der Waals surface area contributed by atoms with Crippen molar-refractivity contribution in [2.24, 2.45) is 0 Å². The highest BCUT2D eigenvalue weighted by Crippen LogP contribution is 2.59. The van der Waals surface area contributed by atoms with Crippen LogP contribution in [-0.2, 0) is 5.41 Å². The van der Waals surface area contributed by atoms with Crippen molar-refractivity contribution in [2.75, 3.05) is 0 Å². The first-order valence-corrected chi connectivity index (χ1v) is 19.0. The van der Waals surface area contributed by atoms with E-state index < -0.39 is 0 Å². The molecule has 0 fully saturated rings. The fourth-order valence-corrected chi connectivity index (χ4v) is 8.73. The van der Waals surface area contributed by atoms with Gasteiger partial charge in [-0.25, -0.2) is 0 Å². The third-order valence-corrected chi connectivity index (χ3v) is 11.6. The molecule has 0 spiro atoms. The molecular weight excluding hydrogens is 637 g/mol. The summed E-state index contributed by atoms with van der Waals surface area (Å²) in [5, 5.41) is 0. The molecule has 0 amide bonds. The molecule has 0 heteroatoms. The van der Waals surface area contributed by atoms with Gasteiger partial charge >= 0.3 is 0 Å². The van der Waals surface area contributed by atoms with Crippen LogP contribution in [0.5, 0.6) is 0 Å². The van der Waals surface area contributed by atoms with Crippen LogP contribution in [0, 0.1) is 0 Å². The van der Waals surface area contributed by atoms with E-state index in [1.165, 1.54) is 89.0 Å². The van der Waals surface area contributed by atoms with E-state index in [2.05, 4.69) is 208 Å². The van der Waals surface area contributed by atoms with E-state index in [0.29, 0.717) is 0 Å². The van der Waals surface area contributed by atoms with Crippen molar-refractivity contribution in [1.29, 1.82) is 0 Å². The Bertz CT molecular complexity index is 2330. The summed E-state index contributed by atoms with van der Waals surface area (Å²) in [5.74, 6) is 0. The summed E-state index contributed by atoms with van der Waals surface area (Å²) >= 11 is 0. The van der Waals surface area contributed by atoms with Gasteiger partial charge in [-0.1, -0.05) is 184 Å². The first kappa shape index (κ1) is 32.7. The molecule has 0 saturated carbocycles. The highest BCUT2D eigenvalue weighted by atomic mass is 14.5. The Balaban J connectivity index is 1.28. The molecule has 0 N–H and O–H groups in total. The SMILES string of the molecule is CCC1(CC)c2cc(-c3ccc(-c4ccccc4)cc3)cc(-c3ccccc3)c2-c2c(-c3ccccc3)cc(-c3ccc(-c4ccccc4)cc3)cc21. The predicted octanol–water partition coefficient (Wildman–Crippen LogP) is 14.8.